The smallest absolute Gasteiger partial charge is 0.242 e. The molecule has 2 rings (SSSR count). The molecule has 0 fully saturated rings. The lowest BCUT2D eigenvalue weighted by atomic mass is 10.3. The van der Waals surface area contributed by atoms with Crippen LogP contribution in [0.3, 0.4) is 0 Å². The van der Waals surface area contributed by atoms with Crippen molar-refractivity contribution in [1.29, 1.82) is 0 Å². The number of hydrogen-bond acceptors (Lipinski definition) is 3. The van der Waals surface area contributed by atoms with Gasteiger partial charge >= 0.3 is 0 Å². The Morgan fingerprint density at radius 2 is 2.06 bits per heavy atom. The van der Waals surface area contributed by atoms with E-state index in [9.17, 15) is 0 Å². The van der Waals surface area contributed by atoms with Crippen LogP contribution in [-0.4, -0.2) is 4.98 Å². The van der Waals surface area contributed by atoms with Crippen LogP contribution < -0.4 is 10.5 Å². The molecule has 0 bridgehead atoms. The number of halogens is 1. The summed E-state index contributed by atoms with van der Waals surface area (Å²) in [5, 5.41) is 0.615. The maximum atomic E-state index is 5.85. The van der Waals surface area contributed by atoms with Gasteiger partial charge in [-0.25, -0.2) is 4.98 Å². The molecule has 0 amide bonds. The van der Waals surface area contributed by atoms with E-state index >= 15 is 0 Å². The minimum atomic E-state index is 0.405. The molecule has 0 aliphatic rings. The van der Waals surface area contributed by atoms with Gasteiger partial charge in [0.05, 0.1) is 5.69 Å². The zero-order chi connectivity index (χ0) is 11.5. The maximum absolute atomic E-state index is 5.85. The topological polar surface area (TPSA) is 48.1 Å². The molecular weight excluding hydrogens is 224 g/mol. The number of aromatic nitrogens is 1. The van der Waals surface area contributed by atoms with Crippen LogP contribution in [0.4, 0.5) is 5.69 Å². The Balaban J connectivity index is 2.30. The lowest BCUT2D eigenvalue weighted by molar-refractivity contribution is 0.464. The van der Waals surface area contributed by atoms with E-state index in [1.807, 2.05) is 19.1 Å². The summed E-state index contributed by atoms with van der Waals surface area (Å²) >= 11 is 5.85. The van der Waals surface area contributed by atoms with Crippen molar-refractivity contribution in [3.05, 3.63) is 47.1 Å². The molecule has 0 unspecified atom stereocenters. The largest absolute Gasteiger partial charge is 0.437 e. The molecular formula is C12H11ClN2O. The Hall–Kier alpha value is -1.74. The van der Waals surface area contributed by atoms with E-state index in [1.54, 1.807) is 24.3 Å². The first kappa shape index (κ1) is 10.8. The molecule has 4 heteroatoms. The quantitative estimate of drug-likeness (QED) is 0.866. The fraction of sp³-hybridized carbons (Fsp3) is 0.0833. The average Bonchev–Trinajstić information content (AvgIpc) is 2.24. The van der Waals surface area contributed by atoms with E-state index < -0.39 is 0 Å². The van der Waals surface area contributed by atoms with Crippen LogP contribution in [0.25, 0.3) is 0 Å². The summed E-state index contributed by atoms with van der Waals surface area (Å²) in [4.78, 5) is 4.21. The van der Waals surface area contributed by atoms with Gasteiger partial charge in [0, 0.05) is 10.7 Å². The molecule has 0 spiro atoms. The molecule has 0 saturated heterocycles. The summed E-state index contributed by atoms with van der Waals surface area (Å²) in [6.07, 6.45) is 0. The molecule has 2 aromatic rings. The van der Waals surface area contributed by atoms with Crippen molar-refractivity contribution in [1.82, 2.24) is 4.98 Å². The van der Waals surface area contributed by atoms with Crippen LogP contribution in [0.5, 0.6) is 11.6 Å². The number of rotatable bonds is 2. The summed E-state index contributed by atoms with van der Waals surface area (Å²) in [7, 11) is 0. The van der Waals surface area contributed by atoms with Crippen LogP contribution in [-0.2, 0) is 0 Å². The maximum Gasteiger partial charge on any atom is 0.242 e. The zero-order valence-electron chi connectivity index (χ0n) is 8.77. The Labute approximate surface area is 98.8 Å². The number of aryl methyl sites for hydroxylation is 1. The lowest BCUT2D eigenvalue weighted by Crippen LogP contribution is -1.96. The van der Waals surface area contributed by atoms with Gasteiger partial charge < -0.3 is 10.5 Å². The number of nitrogens with two attached hydrogens (primary N) is 1. The Bertz CT molecular complexity index is 514. The van der Waals surface area contributed by atoms with Crippen LogP contribution in [0.2, 0.25) is 5.02 Å². The number of anilines is 1. The van der Waals surface area contributed by atoms with Crippen LogP contribution in [0.1, 0.15) is 5.69 Å². The van der Waals surface area contributed by atoms with Gasteiger partial charge in [-0.05, 0) is 37.3 Å². The average molecular weight is 235 g/mol. The molecule has 82 valence electrons. The van der Waals surface area contributed by atoms with Crippen molar-refractivity contribution >= 4 is 17.3 Å². The normalized spacial score (nSPS) is 10.1. The number of hydrogen-bond donors (Lipinski definition) is 1. The van der Waals surface area contributed by atoms with Crippen molar-refractivity contribution in [2.24, 2.45) is 0 Å². The van der Waals surface area contributed by atoms with Gasteiger partial charge in [-0.15, -0.1) is 0 Å². The summed E-state index contributed by atoms with van der Waals surface area (Å²) < 4.78 is 5.55. The van der Waals surface area contributed by atoms with E-state index in [-0.39, 0.29) is 0 Å². The number of benzene rings is 1. The van der Waals surface area contributed by atoms with Gasteiger partial charge in [-0.1, -0.05) is 17.7 Å². The van der Waals surface area contributed by atoms with Crippen LogP contribution >= 0.6 is 11.6 Å². The van der Waals surface area contributed by atoms with Gasteiger partial charge in [0.1, 0.15) is 5.75 Å². The Morgan fingerprint density at radius 3 is 2.81 bits per heavy atom. The zero-order valence-corrected chi connectivity index (χ0v) is 9.53. The van der Waals surface area contributed by atoms with E-state index in [0.29, 0.717) is 22.3 Å². The summed E-state index contributed by atoms with van der Waals surface area (Å²) in [5.41, 5.74) is 7.11. The molecule has 3 nitrogen and oxygen atoms in total. The highest BCUT2D eigenvalue weighted by atomic mass is 35.5. The molecule has 0 aliphatic carbocycles. The summed E-state index contributed by atoms with van der Waals surface area (Å²) in [6, 6.07) is 10.7. The molecule has 1 aromatic heterocycles. The van der Waals surface area contributed by atoms with Gasteiger partial charge in [-0.2, -0.15) is 0 Å². The van der Waals surface area contributed by atoms with Crippen molar-refractivity contribution < 1.29 is 4.74 Å². The number of nitrogen functional groups attached to an aromatic ring is 1. The first-order valence-electron chi connectivity index (χ1n) is 4.82. The monoisotopic (exact) mass is 234 g/mol. The minimum absolute atomic E-state index is 0.405. The number of nitrogens with zero attached hydrogens (tertiary/aromatic N) is 1. The first-order valence-corrected chi connectivity index (χ1v) is 5.19. The van der Waals surface area contributed by atoms with Crippen molar-refractivity contribution in [3.63, 3.8) is 0 Å². The second kappa shape index (κ2) is 4.41. The molecule has 1 aromatic carbocycles. The second-order valence-electron chi connectivity index (χ2n) is 3.41. The van der Waals surface area contributed by atoms with Crippen molar-refractivity contribution in [3.8, 4) is 11.6 Å². The number of ether oxygens (including phenoxy) is 1. The van der Waals surface area contributed by atoms with E-state index in [1.165, 1.54) is 0 Å². The highest BCUT2D eigenvalue weighted by Crippen LogP contribution is 2.26. The fourth-order valence-electron chi connectivity index (χ4n) is 1.27. The van der Waals surface area contributed by atoms with Gasteiger partial charge in [0.2, 0.25) is 5.88 Å². The standard InChI is InChI=1S/C12H11ClN2O/c1-8-5-6-11(14)12(15-8)16-10-4-2-3-9(13)7-10/h2-7H,14H2,1H3. The number of pyridine rings is 1. The predicted molar refractivity (Wildman–Crippen MR) is 64.9 cm³/mol. The fourth-order valence-corrected chi connectivity index (χ4v) is 1.45. The Kier molecular flexibility index (Phi) is 2.97. The van der Waals surface area contributed by atoms with Gasteiger partial charge in [-0.3, -0.25) is 0 Å². The third kappa shape index (κ3) is 2.44. The van der Waals surface area contributed by atoms with E-state index in [4.69, 9.17) is 22.1 Å². The van der Waals surface area contributed by atoms with E-state index in [0.717, 1.165) is 5.69 Å². The van der Waals surface area contributed by atoms with Crippen molar-refractivity contribution in [2.45, 2.75) is 6.92 Å². The van der Waals surface area contributed by atoms with Crippen LogP contribution in [0.15, 0.2) is 36.4 Å². The molecule has 16 heavy (non-hydrogen) atoms. The molecule has 0 aliphatic heterocycles. The first-order chi connectivity index (χ1) is 7.65. The second-order valence-corrected chi connectivity index (χ2v) is 3.84. The molecule has 0 radical (unpaired) electrons. The SMILES string of the molecule is Cc1ccc(N)c(Oc2cccc(Cl)c2)n1. The molecule has 1 heterocycles. The highest BCUT2D eigenvalue weighted by Gasteiger charge is 2.04. The van der Waals surface area contributed by atoms with Gasteiger partial charge in [0.15, 0.2) is 0 Å². The molecule has 0 saturated carbocycles. The summed E-state index contributed by atoms with van der Waals surface area (Å²) in [6.45, 7) is 1.88. The third-order valence-corrected chi connectivity index (χ3v) is 2.27. The highest BCUT2D eigenvalue weighted by molar-refractivity contribution is 6.30. The Morgan fingerprint density at radius 1 is 1.25 bits per heavy atom. The molecule has 0 atom stereocenters. The van der Waals surface area contributed by atoms with Gasteiger partial charge in [0.25, 0.3) is 0 Å². The minimum Gasteiger partial charge on any atom is -0.437 e. The molecule has 2 N–H and O–H groups in total. The third-order valence-electron chi connectivity index (χ3n) is 2.04. The van der Waals surface area contributed by atoms with E-state index in [2.05, 4.69) is 4.98 Å². The summed E-state index contributed by atoms with van der Waals surface area (Å²) in [5.74, 6) is 1.03. The van der Waals surface area contributed by atoms with Crippen molar-refractivity contribution in [2.75, 3.05) is 5.73 Å². The van der Waals surface area contributed by atoms with Crippen LogP contribution in [0, 0.1) is 6.92 Å². The lowest BCUT2D eigenvalue weighted by Gasteiger charge is -2.07. The predicted octanol–water partition coefficient (Wildman–Crippen LogP) is 3.42.